The van der Waals surface area contributed by atoms with Crippen LogP contribution in [-0.2, 0) is 0 Å². The van der Waals surface area contributed by atoms with Crippen molar-refractivity contribution in [1.29, 1.82) is 0 Å². The van der Waals surface area contributed by atoms with Gasteiger partial charge in [0.25, 0.3) is 5.91 Å². The molecule has 19 heavy (non-hydrogen) atoms. The average Bonchev–Trinajstić information content (AvgIpc) is 2.84. The number of hydrogen-bond donors (Lipinski definition) is 1. The number of amides is 1. The smallest absolute Gasteiger partial charge is 0.273 e. The number of hydrogen-bond acceptors (Lipinski definition) is 3. The van der Waals surface area contributed by atoms with Crippen LogP contribution in [0.3, 0.4) is 0 Å². The molecule has 0 unspecified atom stereocenters. The van der Waals surface area contributed by atoms with Crippen LogP contribution in [-0.4, -0.2) is 27.4 Å². The fraction of sp³-hybridized carbons (Fsp3) is 0.357. The minimum atomic E-state index is -0.183. The quantitative estimate of drug-likeness (QED) is 0.912. The molecule has 2 rings (SSSR count). The Morgan fingerprint density at radius 2 is 1.95 bits per heavy atom. The number of benzene rings is 1. The zero-order valence-electron chi connectivity index (χ0n) is 11.5. The van der Waals surface area contributed by atoms with Gasteiger partial charge in [0.15, 0.2) is 5.69 Å². The predicted octanol–water partition coefficient (Wildman–Crippen LogP) is 2.02. The van der Waals surface area contributed by atoms with E-state index in [9.17, 15) is 4.79 Å². The Hall–Kier alpha value is -2.17. The monoisotopic (exact) mass is 258 g/mol. The van der Waals surface area contributed by atoms with Crippen molar-refractivity contribution in [3.63, 3.8) is 0 Å². The van der Waals surface area contributed by atoms with Gasteiger partial charge in [-0.3, -0.25) is 4.79 Å². The molecule has 5 nitrogen and oxygen atoms in total. The maximum absolute atomic E-state index is 11.8. The Morgan fingerprint density at radius 3 is 2.58 bits per heavy atom. The SMILES string of the molecule is CCCNC(=O)c1cn(-c2cc(C)cc(C)c2)nn1. The van der Waals surface area contributed by atoms with Crippen molar-refractivity contribution in [2.75, 3.05) is 6.54 Å². The van der Waals surface area contributed by atoms with Gasteiger partial charge in [-0.25, -0.2) is 4.68 Å². The fourth-order valence-electron chi connectivity index (χ4n) is 1.91. The standard InChI is InChI=1S/C14H18N4O/c1-4-5-15-14(19)13-9-18(17-16-13)12-7-10(2)6-11(3)8-12/h6-9H,4-5H2,1-3H3,(H,15,19). The second-order valence-electron chi connectivity index (χ2n) is 4.65. The van der Waals surface area contributed by atoms with Gasteiger partial charge >= 0.3 is 0 Å². The number of nitrogens with zero attached hydrogens (tertiary/aromatic N) is 3. The Bertz CT molecular complexity index is 569. The van der Waals surface area contributed by atoms with Crippen LogP contribution in [0.4, 0.5) is 0 Å². The van der Waals surface area contributed by atoms with Crippen LogP contribution in [0.25, 0.3) is 5.69 Å². The van der Waals surface area contributed by atoms with Crippen LogP contribution in [0.2, 0.25) is 0 Å². The number of aromatic nitrogens is 3. The zero-order valence-corrected chi connectivity index (χ0v) is 11.5. The van der Waals surface area contributed by atoms with E-state index in [1.165, 1.54) is 0 Å². The van der Waals surface area contributed by atoms with E-state index in [4.69, 9.17) is 0 Å². The summed E-state index contributed by atoms with van der Waals surface area (Å²) < 4.78 is 1.63. The normalized spacial score (nSPS) is 10.5. The summed E-state index contributed by atoms with van der Waals surface area (Å²) in [7, 11) is 0. The maximum atomic E-state index is 11.8. The van der Waals surface area contributed by atoms with Crippen LogP contribution < -0.4 is 5.32 Å². The van der Waals surface area contributed by atoms with Crippen molar-refractivity contribution in [1.82, 2.24) is 20.3 Å². The van der Waals surface area contributed by atoms with Gasteiger partial charge in [0, 0.05) is 6.54 Å². The molecule has 0 saturated carbocycles. The van der Waals surface area contributed by atoms with Crippen molar-refractivity contribution < 1.29 is 4.79 Å². The first-order valence-electron chi connectivity index (χ1n) is 6.39. The summed E-state index contributed by atoms with van der Waals surface area (Å²) in [6.45, 7) is 6.71. The third kappa shape index (κ3) is 3.19. The molecule has 0 aliphatic rings. The van der Waals surface area contributed by atoms with Crippen LogP contribution in [0.5, 0.6) is 0 Å². The van der Waals surface area contributed by atoms with Crippen molar-refractivity contribution in [2.24, 2.45) is 0 Å². The Morgan fingerprint density at radius 1 is 1.26 bits per heavy atom. The van der Waals surface area contributed by atoms with Gasteiger partial charge in [-0.05, 0) is 43.5 Å². The van der Waals surface area contributed by atoms with E-state index in [2.05, 4.69) is 21.7 Å². The first kappa shape index (κ1) is 13.3. The maximum Gasteiger partial charge on any atom is 0.273 e. The molecule has 1 N–H and O–H groups in total. The largest absolute Gasteiger partial charge is 0.351 e. The Kier molecular flexibility index (Phi) is 3.94. The highest BCUT2D eigenvalue weighted by Crippen LogP contribution is 2.12. The van der Waals surface area contributed by atoms with Gasteiger partial charge in [0.1, 0.15) is 0 Å². The molecular formula is C14H18N4O. The van der Waals surface area contributed by atoms with Crippen LogP contribution in [0.15, 0.2) is 24.4 Å². The average molecular weight is 258 g/mol. The molecule has 0 radical (unpaired) electrons. The molecular weight excluding hydrogens is 240 g/mol. The minimum Gasteiger partial charge on any atom is -0.351 e. The lowest BCUT2D eigenvalue weighted by atomic mass is 10.1. The summed E-state index contributed by atoms with van der Waals surface area (Å²) in [5.41, 5.74) is 3.57. The second kappa shape index (κ2) is 5.65. The number of rotatable bonds is 4. The van der Waals surface area contributed by atoms with Gasteiger partial charge in [-0.1, -0.05) is 18.2 Å². The van der Waals surface area contributed by atoms with E-state index in [-0.39, 0.29) is 5.91 Å². The van der Waals surface area contributed by atoms with E-state index < -0.39 is 0 Å². The molecule has 1 aromatic carbocycles. The van der Waals surface area contributed by atoms with Crippen LogP contribution in [0.1, 0.15) is 35.0 Å². The van der Waals surface area contributed by atoms with Gasteiger partial charge in [-0.15, -0.1) is 5.10 Å². The molecule has 0 spiro atoms. The topological polar surface area (TPSA) is 59.8 Å². The Balaban J connectivity index is 2.23. The summed E-state index contributed by atoms with van der Waals surface area (Å²) in [6.07, 6.45) is 2.55. The summed E-state index contributed by atoms with van der Waals surface area (Å²) in [6, 6.07) is 6.11. The van der Waals surface area contributed by atoms with Crippen LogP contribution in [0, 0.1) is 13.8 Å². The summed E-state index contributed by atoms with van der Waals surface area (Å²) >= 11 is 0. The predicted molar refractivity (Wildman–Crippen MR) is 73.5 cm³/mol. The van der Waals surface area contributed by atoms with E-state index >= 15 is 0 Å². The van der Waals surface area contributed by atoms with Gasteiger partial charge in [0.2, 0.25) is 0 Å². The zero-order chi connectivity index (χ0) is 13.8. The first-order chi connectivity index (χ1) is 9.10. The number of aryl methyl sites for hydroxylation is 2. The van der Waals surface area contributed by atoms with E-state index in [1.54, 1.807) is 10.9 Å². The summed E-state index contributed by atoms with van der Waals surface area (Å²) in [5, 5.41) is 10.7. The van der Waals surface area contributed by atoms with Crippen molar-refractivity contribution in [2.45, 2.75) is 27.2 Å². The summed E-state index contributed by atoms with van der Waals surface area (Å²) in [4.78, 5) is 11.8. The van der Waals surface area contributed by atoms with E-state index in [0.29, 0.717) is 12.2 Å². The lowest BCUT2D eigenvalue weighted by Crippen LogP contribution is -2.24. The second-order valence-corrected chi connectivity index (χ2v) is 4.65. The minimum absolute atomic E-state index is 0.183. The third-order valence-corrected chi connectivity index (χ3v) is 2.73. The molecule has 2 aromatic rings. The highest BCUT2D eigenvalue weighted by Gasteiger charge is 2.10. The van der Waals surface area contributed by atoms with E-state index in [0.717, 1.165) is 23.2 Å². The van der Waals surface area contributed by atoms with E-state index in [1.807, 2.05) is 32.9 Å². The lowest BCUT2D eigenvalue weighted by molar-refractivity contribution is 0.0948. The molecule has 0 fully saturated rings. The molecule has 0 aliphatic heterocycles. The molecule has 1 aromatic heterocycles. The third-order valence-electron chi connectivity index (χ3n) is 2.73. The van der Waals surface area contributed by atoms with Crippen molar-refractivity contribution >= 4 is 5.91 Å². The molecule has 0 aliphatic carbocycles. The highest BCUT2D eigenvalue weighted by atomic mass is 16.2. The van der Waals surface area contributed by atoms with Gasteiger partial charge in [-0.2, -0.15) is 0 Å². The fourth-order valence-corrected chi connectivity index (χ4v) is 1.91. The highest BCUT2D eigenvalue weighted by molar-refractivity contribution is 5.91. The number of carbonyl (C=O) groups excluding carboxylic acids is 1. The molecule has 1 amide bonds. The lowest BCUT2D eigenvalue weighted by Gasteiger charge is -2.03. The van der Waals surface area contributed by atoms with Gasteiger partial charge in [0.05, 0.1) is 11.9 Å². The molecule has 0 bridgehead atoms. The van der Waals surface area contributed by atoms with Crippen LogP contribution >= 0.6 is 0 Å². The van der Waals surface area contributed by atoms with Crippen molar-refractivity contribution in [3.05, 3.63) is 41.2 Å². The van der Waals surface area contributed by atoms with Gasteiger partial charge < -0.3 is 5.32 Å². The van der Waals surface area contributed by atoms with Crippen molar-refractivity contribution in [3.8, 4) is 5.69 Å². The molecule has 0 saturated heterocycles. The number of carbonyl (C=O) groups is 1. The molecule has 5 heteroatoms. The molecule has 100 valence electrons. The number of nitrogens with one attached hydrogen (secondary N) is 1. The first-order valence-corrected chi connectivity index (χ1v) is 6.39. The Labute approximate surface area is 112 Å². The molecule has 1 heterocycles. The molecule has 0 atom stereocenters. The summed E-state index contributed by atoms with van der Waals surface area (Å²) in [5.74, 6) is -0.183.